The van der Waals surface area contributed by atoms with E-state index in [1.165, 1.54) is 9.58 Å². The number of hydrogen-bond donors (Lipinski definition) is 0. The first kappa shape index (κ1) is 19.0. The number of thioether (sulfide) groups is 1. The molecule has 24 heavy (non-hydrogen) atoms. The minimum Gasteiger partial charge on any atom is -0.444 e. The molecule has 0 radical (unpaired) electrons. The molecule has 0 spiro atoms. The van der Waals surface area contributed by atoms with E-state index in [-0.39, 0.29) is 12.8 Å². The third kappa shape index (κ3) is 4.84. The quantitative estimate of drug-likeness (QED) is 0.762. The van der Waals surface area contributed by atoms with Gasteiger partial charge in [-0.2, -0.15) is 13.9 Å². The molecular formula is C16H25F2N3O2S. The number of ether oxygens (including phenoxy) is 1. The summed E-state index contributed by atoms with van der Waals surface area (Å²) in [5.41, 5.74) is 0.140. The number of amides is 1. The van der Waals surface area contributed by atoms with Crippen LogP contribution in [-0.2, 0) is 11.8 Å². The molecule has 5 nitrogen and oxygen atoms in total. The lowest BCUT2D eigenvalue weighted by Crippen LogP contribution is -2.44. The van der Waals surface area contributed by atoms with E-state index >= 15 is 0 Å². The summed E-state index contributed by atoms with van der Waals surface area (Å²) < 4.78 is 35.9. The van der Waals surface area contributed by atoms with Crippen molar-refractivity contribution in [1.82, 2.24) is 14.7 Å². The van der Waals surface area contributed by atoms with Crippen molar-refractivity contribution in [1.29, 1.82) is 0 Å². The van der Waals surface area contributed by atoms with Crippen LogP contribution >= 0.6 is 11.8 Å². The third-order valence-corrected chi connectivity index (χ3v) is 5.02. The van der Waals surface area contributed by atoms with E-state index in [1.54, 1.807) is 40.8 Å². The molecule has 2 rings (SSSR count). The van der Waals surface area contributed by atoms with Crippen molar-refractivity contribution in [2.75, 3.05) is 13.1 Å². The highest BCUT2D eigenvalue weighted by Gasteiger charge is 2.43. The van der Waals surface area contributed by atoms with E-state index in [1.807, 2.05) is 0 Å². The highest BCUT2D eigenvalue weighted by atomic mass is 32.2. The van der Waals surface area contributed by atoms with Crippen LogP contribution in [0.4, 0.5) is 13.6 Å². The highest BCUT2D eigenvalue weighted by molar-refractivity contribution is 8.00. The fourth-order valence-corrected chi connectivity index (χ4v) is 3.71. The molecule has 0 bridgehead atoms. The monoisotopic (exact) mass is 361 g/mol. The van der Waals surface area contributed by atoms with E-state index in [4.69, 9.17) is 4.74 Å². The van der Waals surface area contributed by atoms with E-state index < -0.39 is 22.9 Å². The predicted octanol–water partition coefficient (Wildman–Crippen LogP) is 4.06. The molecule has 0 atom stereocenters. The number of alkyl halides is 2. The van der Waals surface area contributed by atoms with E-state index in [9.17, 15) is 13.6 Å². The minimum atomic E-state index is -2.89. The van der Waals surface area contributed by atoms with Gasteiger partial charge < -0.3 is 9.64 Å². The molecule has 1 aliphatic rings. The molecule has 1 saturated heterocycles. The molecule has 8 heteroatoms. The molecule has 0 aliphatic carbocycles. The number of likely N-dealkylation sites (tertiary alicyclic amines) is 1. The molecule has 0 aromatic carbocycles. The molecule has 1 aromatic rings. The Morgan fingerprint density at radius 2 is 1.92 bits per heavy atom. The molecule has 0 unspecified atom stereocenters. The van der Waals surface area contributed by atoms with Crippen molar-refractivity contribution in [3.8, 4) is 0 Å². The first-order valence-corrected chi connectivity index (χ1v) is 8.85. The molecule has 0 saturated carbocycles. The van der Waals surface area contributed by atoms with E-state index in [2.05, 4.69) is 5.10 Å². The van der Waals surface area contributed by atoms with E-state index in [0.717, 1.165) is 5.69 Å². The van der Waals surface area contributed by atoms with Crippen LogP contribution in [0.2, 0.25) is 0 Å². The second-order valence-corrected chi connectivity index (χ2v) is 8.32. The maximum absolute atomic E-state index is 14.6. The van der Waals surface area contributed by atoms with Gasteiger partial charge in [0.05, 0.1) is 10.7 Å². The fourth-order valence-electron chi connectivity index (χ4n) is 2.63. The number of hydrogen-bond acceptors (Lipinski definition) is 4. The van der Waals surface area contributed by atoms with Gasteiger partial charge in [0.1, 0.15) is 5.60 Å². The zero-order valence-corrected chi connectivity index (χ0v) is 15.6. The summed E-state index contributed by atoms with van der Waals surface area (Å²) in [6.45, 7) is 7.73. The van der Waals surface area contributed by atoms with Crippen LogP contribution in [0.15, 0.2) is 11.1 Å². The van der Waals surface area contributed by atoms with Gasteiger partial charge in [0.2, 0.25) is 0 Å². The normalized spacial score (nSPS) is 17.2. The molecule has 2 heterocycles. The second-order valence-electron chi connectivity index (χ2n) is 7.15. The average Bonchev–Trinajstić information content (AvgIpc) is 2.74. The average molecular weight is 361 g/mol. The van der Waals surface area contributed by atoms with Crippen LogP contribution in [0.25, 0.3) is 0 Å². The standard InChI is InChI=1S/C16H25F2N3O2S/c1-11-10-13(20(5)19-11)24-16(17,18)12-6-8-21(9-7-12)14(22)23-15(2,3)4/h10,12H,6-9H2,1-5H3. The van der Waals surface area contributed by atoms with Crippen molar-refractivity contribution in [3.63, 3.8) is 0 Å². The van der Waals surface area contributed by atoms with Gasteiger partial charge in [0.25, 0.3) is 0 Å². The number of aromatic nitrogens is 2. The van der Waals surface area contributed by atoms with Crippen LogP contribution in [0, 0.1) is 12.8 Å². The van der Waals surface area contributed by atoms with Gasteiger partial charge >= 0.3 is 11.3 Å². The molecular weight excluding hydrogens is 336 g/mol. The number of halogens is 2. The summed E-state index contributed by atoms with van der Waals surface area (Å²) in [6.07, 6.45) is 0.0887. The second kappa shape index (κ2) is 6.90. The molecule has 1 fully saturated rings. The summed E-state index contributed by atoms with van der Waals surface area (Å²) in [6, 6.07) is 1.66. The molecule has 1 amide bonds. The number of nitrogens with zero attached hydrogens (tertiary/aromatic N) is 3. The molecule has 1 aromatic heterocycles. The number of rotatable bonds is 3. The zero-order valence-electron chi connectivity index (χ0n) is 14.8. The van der Waals surface area contributed by atoms with Gasteiger partial charge in [-0.1, -0.05) is 0 Å². The number of carbonyl (C=O) groups excluding carboxylic acids is 1. The first-order chi connectivity index (χ1) is 11.0. The number of piperidine rings is 1. The topological polar surface area (TPSA) is 47.4 Å². The summed E-state index contributed by atoms with van der Waals surface area (Å²) in [5, 5.41) is 1.67. The maximum atomic E-state index is 14.6. The first-order valence-electron chi connectivity index (χ1n) is 8.03. The lowest BCUT2D eigenvalue weighted by molar-refractivity contribution is -0.0126. The Bertz CT molecular complexity index is 591. The summed E-state index contributed by atoms with van der Waals surface area (Å²) in [7, 11) is 1.66. The van der Waals surface area contributed by atoms with Crippen molar-refractivity contribution in [2.45, 2.75) is 56.4 Å². The van der Waals surface area contributed by atoms with Crippen molar-refractivity contribution in [3.05, 3.63) is 11.8 Å². The Hall–Kier alpha value is -1.31. The van der Waals surface area contributed by atoms with Gasteiger partial charge in [0.15, 0.2) is 0 Å². The predicted molar refractivity (Wildman–Crippen MR) is 89.3 cm³/mol. The molecule has 1 aliphatic heterocycles. The van der Waals surface area contributed by atoms with Gasteiger partial charge in [-0.3, -0.25) is 4.68 Å². The van der Waals surface area contributed by atoms with Gasteiger partial charge in [-0.25, -0.2) is 4.79 Å². The third-order valence-electron chi connectivity index (χ3n) is 3.82. The van der Waals surface area contributed by atoms with Crippen LogP contribution in [0.1, 0.15) is 39.3 Å². The SMILES string of the molecule is Cc1cc(SC(F)(F)C2CCN(C(=O)OC(C)(C)C)CC2)n(C)n1. The Morgan fingerprint density at radius 1 is 1.33 bits per heavy atom. The Labute approximate surface area is 145 Å². The van der Waals surface area contributed by atoms with Crippen molar-refractivity contribution < 1.29 is 18.3 Å². The minimum absolute atomic E-state index is 0.260. The van der Waals surface area contributed by atoms with Gasteiger partial charge in [-0.15, -0.1) is 0 Å². The number of carbonyl (C=O) groups is 1. The molecule has 136 valence electrons. The van der Waals surface area contributed by atoms with Crippen LogP contribution < -0.4 is 0 Å². The van der Waals surface area contributed by atoms with Gasteiger partial charge in [-0.05, 0) is 58.4 Å². The smallest absolute Gasteiger partial charge is 0.410 e. The fraction of sp³-hybridized carbons (Fsp3) is 0.750. The highest BCUT2D eigenvalue weighted by Crippen LogP contribution is 2.45. The lowest BCUT2D eigenvalue weighted by Gasteiger charge is -2.36. The Morgan fingerprint density at radius 3 is 2.38 bits per heavy atom. The summed E-state index contributed by atoms with van der Waals surface area (Å²) in [5.74, 6) is -0.767. The van der Waals surface area contributed by atoms with Gasteiger partial charge in [0, 0.05) is 26.1 Å². The van der Waals surface area contributed by atoms with Crippen LogP contribution in [-0.4, -0.2) is 44.7 Å². The summed E-state index contributed by atoms with van der Waals surface area (Å²) >= 11 is 0.552. The largest absolute Gasteiger partial charge is 0.444 e. The number of aryl methyl sites for hydroxylation is 2. The Balaban J connectivity index is 1.93. The van der Waals surface area contributed by atoms with Crippen molar-refractivity contribution >= 4 is 17.9 Å². The maximum Gasteiger partial charge on any atom is 0.410 e. The Kier molecular flexibility index (Phi) is 5.47. The summed E-state index contributed by atoms with van der Waals surface area (Å²) in [4.78, 5) is 13.5. The van der Waals surface area contributed by atoms with Crippen LogP contribution in [0.3, 0.4) is 0 Å². The lowest BCUT2D eigenvalue weighted by atomic mass is 9.97. The van der Waals surface area contributed by atoms with E-state index in [0.29, 0.717) is 29.9 Å². The molecule has 0 N–H and O–H groups in total. The van der Waals surface area contributed by atoms with Crippen molar-refractivity contribution in [2.24, 2.45) is 13.0 Å². The zero-order chi connectivity index (χ0) is 18.1. The van der Waals surface area contributed by atoms with Crippen LogP contribution in [0.5, 0.6) is 0 Å².